The molecule has 1 N–H and O–H groups in total. The number of nitrogens with one attached hydrogen (secondary N) is 1. The monoisotopic (exact) mass is 325 g/mol. The number of hydrogen-bond acceptors (Lipinski definition) is 4. The molecule has 0 saturated heterocycles. The summed E-state index contributed by atoms with van der Waals surface area (Å²) in [5, 5.41) is 12.0. The molecule has 5 aliphatic carbocycles. The smallest absolute Gasteiger partial charge is 0.293 e. The lowest BCUT2D eigenvalue weighted by Gasteiger charge is -2.18. The molecule has 2 atom stereocenters. The number of hydrogen-bond donors (Lipinski definition) is 1. The normalized spacial score (nSPS) is 35.1. The minimum Gasteiger partial charge on any atom is -0.348 e. The van der Waals surface area contributed by atoms with Gasteiger partial charge in [-0.15, -0.1) is 0 Å². The second-order valence-corrected chi connectivity index (χ2v) is 7.99. The minimum atomic E-state index is -0.238. The first-order valence-corrected chi connectivity index (χ1v) is 8.87. The molecule has 7 heteroatoms. The lowest BCUT2D eigenvalue weighted by molar-refractivity contribution is -0.123. The maximum Gasteiger partial charge on any atom is 0.293 e. The van der Waals surface area contributed by atoms with Crippen LogP contribution in [0.25, 0.3) is 5.52 Å². The van der Waals surface area contributed by atoms with E-state index in [1.807, 2.05) is 13.0 Å². The van der Waals surface area contributed by atoms with Gasteiger partial charge in [-0.2, -0.15) is 10.2 Å². The third-order valence-corrected chi connectivity index (χ3v) is 6.56. The molecule has 0 radical (unpaired) electrons. The highest BCUT2D eigenvalue weighted by molar-refractivity contribution is 5.78. The van der Waals surface area contributed by atoms with Crippen LogP contribution in [0.5, 0.6) is 0 Å². The van der Waals surface area contributed by atoms with Gasteiger partial charge < -0.3 is 5.32 Å². The van der Waals surface area contributed by atoms with Gasteiger partial charge in [0, 0.05) is 11.5 Å². The topological polar surface area (TPSA) is 81.3 Å². The Morgan fingerprint density at radius 1 is 1.33 bits per heavy atom. The molecule has 5 fully saturated rings. The summed E-state index contributed by atoms with van der Waals surface area (Å²) in [5.74, 6) is 3.35. The number of carbonyl (C=O) groups excluding carboxylic acids is 1. The van der Waals surface area contributed by atoms with Crippen LogP contribution in [0.2, 0.25) is 0 Å². The third kappa shape index (κ3) is 1.53. The van der Waals surface area contributed by atoms with E-state index in [-0.39, 0.29) is 23.6 Å². The van der Waals surface area contributed by atoms with E-state index in [0.29, 0.717) is 17.3 Å². The summed E-state index contributed by atoms with van der Waals surface area (Å²) in [6.07, 6.45) is 4.63. The summed E-state index contributed by atoms with van der Waals surface area (Å²) >= 11 is 0. The highest BCUT2D eigenvalue weighted by Gasteiger charge is 2.87. The average molecular weight is 325 g/mol. The van der Waals surface area contributed by atoms with Gasteiger partial charge >= 0.3 is 0 Å². The van der Waals surface area contributed by atoms with Crippen molar-refractivity contribution in [2.24, 2.45) is 17.8 Å². The van der Waals surface area contributed by atoms with Gasteiger partial charge in [0.1, 0.15) is 17.9 Å². The number of nitrogens with zero attached hydrogens (tertiary/aromatic N) is 4. The van der Waals surface area contributed by atoms with Crippen molar-refractivity contribution in [2.75, 3.05) is 0 Å². The first-order valence-electron chi connectivity index (χ1n) is 8.87. The van der Waals surface area contributed by atoms with E-state index in [1.54, 1.807) is 4.52 Å². The predicted molar refractivity (Wildman–Crippen MR) is 84.5 cm³/mol. The van der Waals surface area contributed by atoms with Gasteiger partial charge in [0.25, 0.3) is 5.56 Å². The molecular weight excluding hydrogens is 306 g/mol. The van der Waals surface area contributed by atoms with Crippen molar-refractivity contribution in [3.8, 4) is 0 Å². The van der Waals surface area contributed by atoms with Crippen LogP contribution < -0.4 is 10.9 Å². The van der Waals surface area contributed by atoms with E-state index in [4.69, 9.17) is 0 Å². The Morgan fingerprint density at radius 3 is 2.79 bits per heavy atom. The van der Waals surface area contributed by atoms with Gasteiger partial charge in [-0.05, 0) is 56.4 Å². The minimum absolute atomic E-state index is 0.00796. The molecular formula is C17H19N5O2. The molecule has 124 valence electrons. The van der Waals surface area contributed by atoms with Gasteiger partial charge in [-0.25, -0.2) is 9.20 Å². The highest BCUT2D eigenvalue weighted by atomic mass is 16.2. The fourth-order valence-corrected chi connectivity index (χ4v) is 5.16. The molecule has 0 aliphatic heterocycles. The molecule has 2 aromatic rings. The Bertz CT molecular complexity index is 959. The van der Waals surface area contributed by atoms with Crippen molar-refractivity contribution < 1.29 is 4.79 Å². The molecule has 0 spiro atoms. The van der Waals surface area contributed by atoms with Crippen molar-refractivity contribution in [1.82, 2.24) is 24.7 Å². The zero-order valence-electron chi connectivity index (χ0n) is 13.5. The van der Waals surface area contributed by atoms with Crippen LogP contribution in [0.4, 0.5) is 0 Å². The number of aromatic nitrogens is 4. The van der Waals surface area contributed by atoms with Crippen molar-refractivity contribution in [3.05, 3.63) is 27.9 Å². The maximum absolute atomic E-state index is 12.7. The Hall–Kier alpha value is -2.18. The van der Waals surface area contributed by atoms with Crippen molar-refractivity contribution in [1.29, 1.82) is 0 Å². The van der Waals surface area contributed by atoms with Crippen molar-refractivity contribution >= 4 is 11.4 Å². The molecule has 5 saturated carbocycles. The van der Waals surface area contributed by atoms with E-state index < -0.39 is 0 Å². The van der Waals surface area contributed by atoms with Crippen LogP contribution in [0.3, 0.4) is 0 Å². The molecule has 2 unspecified atom stereocenters. The number of carbonyl (C=O) groups is 1. The summed E-state index contributed by atoms with van der Waals surface area (Å²) < 4.78 is 2.90. The molecule has 2 bridgehead atoms. The fraction of sp³-hybridized carbons (Fsp3) is 0.647. The molecule has 1 amide bonds. The lowest BCUT2D eigenvalue weighted by Crippen LogP contribution is -2.44. The summed E-state index contributed by atoms with van der Waals surface area (Å²) in [7, 11) is 0. The molecule has 0 aromatic carbocycles. The first-order chi connectivity index (χ1) is 11.6. The Labute approximate surface area is 138 Å². The van der Waals surface area contributed by atoms with E-state index in [9.17, 15) is 9.59 Å². The number of fused-ring (bicyclic) bond motifs is 2. The summed E-state index contributed by atoms with van der Waals surface area (Å²) in [5.41, 5.74) is 1.33. The molecule has 2 heterocycles. The van der Waals surface area contributed by atoms with E-state index in [1.165, 1.54) is 11.1 Å². The largest absolute Gasteiger partial charge is 0.348 e. The maximum atomic E-state index is 12.7. The molecule has 7 rings (SSSR count). The van der Waals surface area contributed by atoms with Crippen molar-refractivity contribution in [3.63, 3.8) is 0 Å². The molecule has 7 nitrogen and oxygen atoms in total. The van der Waals surface area contributed by atoms with Crippen LogP contribution in [0.15, 0.2) is 10.9 Å². The zero-order chi connectivity index (χ0) is 16.2. The summed E-state index contributed by atoms with van der Waals surface area (Å²) in [6, 6.07) is 1.86. The summed E-state index contributed by atoms with van der Waals surface area (Å²) in [4.78, 5) is 25.1. The van der Waals surface area contributed by atoms with E-state index in [0.717, 1.165) is 42.7 Å². The van der Waals surface area contributed by atoms with Gasteiger partial charge in [0.2, 0.25) is 5.91 Å². The fourth-order valence-electron chi connectivity index (χ4n) is 5.16. The van der Waals surface area contributed by atoms with Gasteiger partial charge in [0.15, 0.2) is 0 Å². The van der Waals surface area contributed by atoms with E-state index >= 15 is 0 Å². The van der Waals surface area contributed by atoms with Gasteiger partial charge in [-0.3, -0.25) is 9.59 Å². The lowest BCUT2D eigenvalue weighted by atomic mass is 10.1. The average Bonchev–Trinajstić information content (AvgIpc) is 3.50. The van der Waals surface area contributed by atoms with Gasteiger partial charge in [0.05, 0.1) is 5.69 Å². The number of rotatable bonds is 4. The number of aryl methyl sites for hydroxylation is 1. The zero-order valence-corrected chi connectivity index (χ0v) is 13.5. The predicted octanol–water partition coefficient (Wildman–Crippen LogP) is 0.601. The Morgan fingerprint density at radius 2 is 2.12 bits per heavy atom. The van der Waals surface area contributed by atoms with Crippen LogP contribution in [0.1, 0.15) is 43.1 Å². The van der Waals surface area contributed by atoms with Crippen LogP contribution in [-0.4, -0.2) is 30.8 Å². The Balaban J connectivity index is 1.30. The van der Waals surface area contributed by atoms with Crippen molar-refractivity contribution in [2.45, 2.75) is 50.6 Å². The van der Waals surface area contributed by atoms with Crippen LogP contribution in [0, 0.1) is 24.7 Å². The van der Waals surface area contributed by atoms with Gasteiger partial charge in [-0.1, -0.05) is 0 Å². The Kier molecular flexibility index (Phi) is 2.13. The van der Waals surface area contributed by atoms with E-state index in [2.05, 4.69) is 15.5 Å². The standard InChI is InChI=1S/C17H19N5O2/c1-8-19-21(7-13(23)18-17-5-4-10-14(17)15(10)17)16(24)12-6-11(9-2-3-9)20-22(8)12/h6,9-10,14-15H,2-5,7H2,1H3,(H,18,23)/t10-,14?,15?,17+. The third-order valence-electron chi connectivity index (χ3n) is 6.56. The second kappa shape index (κ2) is 3.90. The molecule has 24 heavy (non-hydrogen) atoms. The second-order valence-electron chi connectivity index (χ2n) is 7.99. The van der Waals surface area contributed by atoms with Crippen LogP contribution >= 0.6 is 0 Å². The summed E-state index contributed by atoms with van der Waals surface area (Å²) in [6.45, 7) is 1.81. The highest BCUT2D eigenvalue weighted by Crippen LogP contribution is 2.84. The quantitative estimate of drug-likeness (QED) is 0.892. The van der Waals surface area contributed by atoms with Crippen LogP contribution in [-0.2, 0) is 11.3 Å². The molecule has 5 aliphatic rings. The number of amides is 1. The first kappa shape index (κ1) is 13.1. The SMILES string of the molecule is Cc1nn(CC(=O)N[C@]23CC[C@H]4C2C43)c(=O)c2cc(C3CC3)nn12. The molecule has 2 aromatic heterocycles.